The van der Waals surface area contributed by atoms with Crippen LogP contribution in [0.4, 0.5) is 0 Å². The number of rotatable bonds is 4. The van der Waals surface area contributed by atoms with Crippen molar-refractivity contribution in [2.45, 2.75) is 122 Å². The molecule has 0 N–H and O–H groups in total. The van der Waals surface area contributed by atoms with Gasteiger partial charge in [0.25, 0.3) is 0 Å². The second kappa shape index (κ2) is 7.84. The highest BCUT2D eigenvalue weighted by Crippen LogP contribution is 2.39. The molecule has 0 spiro atoms. The van der Waals surface area contributed by atoms with Crippen molar-refractivity contribution in [3.8, 4) is 0 Å². The Balaban J connectivity index is 1.91. The summed E-state index contributed by atoms with van der Waals surface area (Å²) in [6.45, 7) is 17.3. The Morgan fingerprint density at radius 3 is 1.14 bits per heavy atom. The SMILES string of the molecule is CN1C(C)(C)CC(OC(=O)CC(=O)OC2CC(C)(C)N(C)C(C)(C)C2)CC1(C)C. The van der Waals surface area contributed by atoms with E-state index in [0.717, 1.165) is 25.7 Å². The van der Waals surface area contributed by atoms with E-state index in [1.54, 1.807) is 0 Å². The summed E-state index contributed by atoms with van der Waals surface area (Å²) in [5, 5.41) is 0. The molecule has 2 aliphatic heterocycles. The molecule has 29 heavy (non-hydrogen) atoms. The van der Waals surface area contributed by atoms with Gasteiger partial charge in [0.05, 0.1) is 0 Å². The van der Waals surface area contributed by atoms with Crippen LogP contribution in [-0.2, 0) is 19.1 Å². The number of esters is 2. The zero-order valence-corrected chi connectivity index (χ0v) is 20.2. The predicted octanol–water partition coefficient (Wildman–Crippen LogP) is 3.77. The third-order valence-corrected chi connectivity index (χ3v) is 7.43. The van der Waals surface area contributed by atoms with Gasteiger partial charge in [0.15, 0.2) is 0 Å². The summed E-state index contributed by atoms with van der Waals surface area (Å²) in [7, 11) is 4.22. The summed E-state index contributed by atoms with van der Waals surface area (Å²) in [5.41, 5.74) is -0.284. The molecule has 2 aliphatic rings. The van der Waals surface area contributed by atoms with Crippen LogP contribution < -0.4 is 0 Å². The Hall–Kier alpha value is -1.14. The predicted molar refractivity (Wildman–Crippen MR) is 115 cm³/mol. The lowest BCUT2D eigenvalue weighted by Crippen LogP contribution is -2.60. The van der Waals surface area contributed by atoms with E-state index in [1.165, 1.54) is 0 Å². The molecule has 0 amide bonds. The molecule has 0 saturated carbocycles. The molecular weight excluding hydrogens is 368 g/mol. The van der Waals surface area contributed by atoms with Crippen molar-refractivity contribution in [2.75, 3.05) is 14.1 Å². The monoisotopic (exact) mass is 410 g/mol. The zero-order valence-electron chi connectivity index (χ0n) is 20.2. The average molecular weight is 411 g/mol. The van der Waals surface area contributed by atoms with E-state index in [-0.39, 0.29) is 40.8 Å². The van der Waals surface area contributed by atoms with Gasteiger partial charge in [-0.1, -0.05) is 0 Å². The summed E-state index contributed by atoms with van der Waals surface area (Å²) < 4.78 is 11.4. The van der Waals surface area contributed by atoms with E-state index in [2.05, 4.69) is 79.3 Å². The number of nitrogens with zero attached hydrogens (tertiary/aromatic N) is 2. The van der Waals surface area contributed by atoms with Crippen molar-refractivity contribution in [3.63, 3.8) is 0 Å². The second-order valence-electron chi connectivity index (χ2n) is 11.6. The number of likely N-dealkylation sites (tertiary alicyclic amines) is 2. The maximum absolute atomic E-state index is 12.4. The van der Waals surface area contributed by atoms with Gasteiger partial charge in [0, 0.05) is 47.8 Å². The molecule has 0 aliphatic carbocycles. The van der Waals surface area contributed by atoms with Crippen molar-refractivity contribution >= 4 is 11.9 Å². The molecule has 2 heterocycles. The van der Waals surface area contributed by atoms with E-state index >= 15 is 0 Å². The van der Waals surface area contributed by atoms with Gasteiger partial charge >= 0.3 is 11.9 Å². The molecule has 0 bridgehead atoms. The minimum Gasteiger partial charge on any atom is -0.462 e. The van der Waals surface area contributed by atoms with Crippen LogP contribution in [0.3, 0.4) is 0 Å². The van der Waals surface area contributed by atoms with Crippen LogP contribution in [0.1, 0.15) is 87.5 Å². The Morgan fingerprint density at radius 1 is 0.655 bits per heavy atom. The molecule has 2 rings (SSSR count). The fourth-order valence-electron chi connectivity index (χ4n) is 5.30. The maximum atomic E-state index is 12.4. The molecule has 6 nitrogen and oxygen atoms in total. The standard InChI is InChI=1S/C23H42N2O4/c1-20(2)12-16(13-21(3,4)24(20)9)28-18(26)11-19(27)29-17-14-22(5,6)25(10)23(7,8)15-17/h16-17H,11-15H2,1-10H3. The first-order chi connectivity index (χ1) is 13.0. The number of hydrogen-bond acceptors (Lipinski definition) is 6. The average Bonchev–Trinajstić information content (AvgIpc) is 2.48. The smallest absolute Gasteiger partial charge is 0.317 e. The molecule has 0 atom stereocenters. The van der Waals surface area contributed by atoms with Crippen molar-refractivity contribution in [3.05, 3.63) is 0 Å². The van der Waals surface area contributed by atoms with Crippen LogP contribution in [-0.4, -0.2) is 70.2 Å². The third-order valence-electron chi connectivity index (χ3n) is 7.43. The molecule has 0 unspecified atom stereocenters. The van der Waals surface area contributed by atoms with Gasteiger partial charge in [-0.25, -0.2) is 0 Å². The van der Waals surface area contributed by atoms with Crippen molar-refractivity contribution in [1.29, 1.82) is 0 Å². The minimum atomic E-state index is -0.484. The fraction of sp³-hybridized carbons (Fsp3) is 0.913. The molecule has 168 valence electrons. The Labute approximate surface area is 177 Å². The number of hydrogen-bond donors (Lipinski definition) is 0. The molecule has 6 heteroatoms. The Morgan fingerprint density at radius 2 is 0.897 bits per heavy atom. The Bertz CT molecular complexity index is 549. The van der Waals surface area contributed by atoms with Crippen molar-refractivity contribution < 1.29 is 19.1 Å². The number of carbonyl (C=O) groups is 2. The van der Waals surface area contributed by atoms with E-state index < -0.39 is 11.9 Å². The van der Waals surface area contributed by atoms with Gasteiger partial charge in [0.1, 0.15) is 18.6 Å². The highest BCUT2D eigenvalue weighted by molar-refractivity contribution is 5.91. The molecule has 2 fully saturated rings. The highest BCUT2D eigenvalue weighted by atomic mass is 16.6. The molecule has 0 aromatic carbocycles. The largest absolute Gasteiger partial charge is 0.462 e. The number of piperidine rings is 2. The van der Waals surface area contributed by atoms with Crippen LogP contribution in [0.2, 0.25) is 0 Å². The van der Waals surface area contributed by atoms with E-state index in [4.69, 9.17) is 9.47 Å². The first-order valence-electron chi connectivity index (χ1n) is 10.8. The lowest BCUT2D eigenvalue weighted by atomic mass is 9.78. The zero-order chi connectivity index (χ0) is 22.4. The van der Waals surface area contributed by atoms with Gasteiger partial charge in [-0.3, -0.25) is 19.4 Å². The first kappa shape index (κ1) is 24.1. The molecule has 0 aromatic heterocycles. The highest BCUT2D eigenvalue weighted by Gasteiger charge is 2.46. The molecule has 0 radical (unpaired) electrons. The summed E-state index contributed by atoms with van der Waals surface area (Å²) in [4.78, 5) is 29.5. The van der Waals surface area contributed by atoms with E-state index in [9.17, 15) is 9.59 Å². The van der Waals surface area contributed by atoms with E-state index in [0.29, 0.717) is 0 Å². The van der Waals surface area contributed by atoms with Gasteiger partial charge in [0.2, 0.25) is 0 Å². The summed E-state index contributed by atoms with van der Waals surface area (Å²) >= 11 is 0. The Kier molecular flexibility index (Phi) is 6.53. The maximum Gasteiger partial charge on any atom is 0.317 e. The van der Waals surface area contributed by atoms with Gasteiger partial charge in [-0.05, 0) is 69.5 Å². The summed E-state index contributed by atoms with van der Waals surface area (Å²) in [5.74, 6) is -0.967. The topological polar surface area (TPSA) is 59.1 Å². The molecule has 0 aromatic rings. The van der Waals surface area contributed by atoms with Crippen molar-refractivity contribution in [1.82, 2.24) is 9.80 Å². The third kappa shape index (κ3) is 5.52. The molecular formula is C23H42N2O4. The van der Waals surface area contributed by atoms with Gasteiger partial charge in [-0.15, -0.1) is 0 Å². The van der Waals surface area contributed by atoms with Gasteiger partial charge in [-0.2, -0.15) is 0 Å². The van der Waals surface area contributed by atoms with Crippen molar-refractivity contribution in [2.24, 2.45) is 0 Å². The lowest BCUT2D eigenvalue weighted by molar-refractivity contribution is -0.169. The summed E-state index contributed by atoms with van der Waals surface area (Å²) in [6.07, 6.45) is 2.34. The van der Waals surface area contributed by atoms with Crippen LogP contribution in [0.5, 0.6) is 0 Å². The van der Waals surface area contributed by atoms with Crippen LogP contribution in [0.15, 0.2) is 0 Å². The van der Waals surface area contributed by atoms with Crippen LogP contribution in [0.25, 0.3) is 0 Å². The second-order valence-corrected chi connectivity index (χ2v) is 11.6. The van der Waals surface area contributed by atoms with Gasteiger partial charge < -0.3 is 9.47 Å². The minimum absolute atomic E-state index is 0.0709. The fourth-order valence-corrected chi connectivity index (χ4v) is 5.30. The van der Waals surface area contributed by atoms with Crippen LogP contribution in [0, 0.1) is 0 Å². The lowest BCUT2D eigenvalue weighted by Gasteiger charge is -2.53. The first-order valence-corrected chi connectivity index (χ1v) is 10.8. The molecule has 2 saturated heterocycles. The number of carbonyl (C=O) groups excluding carboxylic acids is 2. The van der Waals surface area contributed by atoms with Crippen LogP contribution >= 0.6 is 0 Å². The quantitative estimate of drug-likeness (QED) is 0.519. The van der Waals surface area contributed by atoms with E-state index in [1.807, 2.05) is 0 Å². The summed E-state index contributed by atoms with van der Waals surface area (Å²) in [6, 6.07) is 0. The number of ether oxygens (including phenoxy) is 2. The normalized spacial score (nSPS) is 27.4.